The van der Waals surface area contributed by atoms with Gasteiger partial charge in [0.15, 0.2) is 5.96 Å². The molecular weight excluding hydrogens is 376 g/mol. The Hall–Kier alpha value is -3.02. The summed E-state index contributed by atoms with van der Waals surface area (Å²) in [6.07, 6.45) is 0.807. The average molecular weight is 411 g/mol. The summed E-state index contributed by atoms with van der Waals surface area (Å²) in [7, 11) is 5.23. The number of ether oxygens (including phenoxy) is 1. The zero-order valence-electron chi connectivity index (χ0n) is 18.7. The molecule has 0 fully saturated rings. The van der Waals surface area contributed by atoms with Crippen LogP contribution in [-0.2, 0) is 6.42 Å². The Labute approximate surface area is 180 Å². The van der Waals surface area contributed by atoms with Crippen LogP contribution >= 0.6 is 0 Å². The highest BCUT2D eigenvalue weighted by Gasteiger charge is 2.11. The number of guanidine groups is 1. The third kappa shape index (κ3) is 6.79. The number of amides is 1. The molecule has 1 unspecified atom stereocenters. The molecule has 162 valence electrons. The molecule has 0 heterocycles. The van der Waals surface area contributed by atoms with E-state index in [1.807, 2.05) is 42.5 Å². The minimum Gasteiger partial charge on any atom is -0.496 e. The third-order valence-electron chi connectivity index (χ3n) is 4.82. The van der Waals surface area contributed by atoms with E-state index in [1.54, 1.807) is 26.1 Å². The van der Waals surface area contributed by atoms with Gasteiger partial charge < -0.3 is 20.3 Å². The molecule has 30 heavy (non-hydrogen) atoms. The van der Waals surface area contributed by atoms with Crippen LogP contribution in [0.15, 0.2) is 53.5 Å². The summed E-state index contributed by atoms with van der Waals surface area (Å²) in [5, 5.41) is 6.68. The Morgan fingerprint density at radius 3 is 2.60 bits per heavy atom. The number of methoxy groups -OCH3 is 1. The monoisotopic (exact) mass is 410 g/mol. The highest BCUT2D eigenvalue weighted by molar-refractivity contribution is 5.94. The lowest BCUT2D eigenvalue weighted by Gasteiger charge is -2.16. The molecule has 2 rings (SSSR count). The van der Waals surface area contributed by atoms with Gasteiger partial charge in [-0.15, -0.1) is 0 Å². The van der Waals surface area contributed by atoms with Crippen molar-refractivity contribution in [2.75, 3.05) is 40.8 Å². The van der Waals surface area contributed by atoms with Crippen molar-refractivity contribution in [3.63, 3.8) is 0 Å². The van der Waals surface area contributed by atoms with Gasteiger partial charge in [-0.25, -0.2) is 0 Å². The molecule has 0 aliphatic carbocycles. The zero-order chi connectivity index (χ0) is 21.9. The Morgan fingerprint density at radius 1 is 1.13 bits per heavy atom. The number of hydrogen-bond donors (Lipinski definition) is 2. The average Bonchev–Trinajstić information content (AvgIpc) is 2.76. The second-order valence-corrected chi connectivity index (χ2v) is 7.44. The topological polar surface area (TPSA) is 66.0 Å². The lowest BCUT2D eigenvalue weighted by molar-refractivity contribution is 0.0827. The standard InChI is InChI=1S/C24H34N4O2/c1-6-25-24(27-17-18(2)21-12-7-8-13-22(21)30-5)26-15-14-19-10-9-11-20(16-19)23(29)28(3)4/h7-13,16,18H,6,14-15,17H2,1-5H3,(H2,25,26,27). The van der Waals surface area contributed by atoms with E-state index in [1.165, 1.54) is 0 Å². The fourth-order valence-electron chi connectivity index (χ4n) is 3.19. The summed E-state index contributed by atoms with van der Waals surface area (Å²) in [5.41, 5.74) is 2.99. The van der Waals surface area contributed by atoms with Crippen molar-refractivity contribution >= 4 is 11.9 Å². The third-order valence-corrected chi connectivity index (χ3v) is 4.82. The van der Waals surface area contributed by atoms with Gasteiger partial charge in [0.05, 0.1) is 7.11 Å². The van der Waals surface area contributed by atoms with Crippen LogP contribution in [0.1, 0.15) is 41.3 Å². The van der Waals surface area contributed by atoms with Crippen LogP contribution in [0, 0.1) is 0 Å². The molecule has 0 aromatic heterocycles. The van der Waals surface area contributed by atoms with E-state index in [9.17, 15) is 4.79 Å². The molecule has 0 radical (unpaired) electrons. The highest BCUT2D eigenvalue weighted by Crippen LogP contribution is 2.26. The first-order chi connectivity index (χ1) is 14.5. The maximum absolute atomic E-state index is 12.1. The molecule has 0 bridgehead atoms. The van der Waals surface area contributed by atoms with Crippen LogP contribution in [0.4, 0.5) is 0 Å². The van der Waals surface area contributed by atoms with Crippen LogP contribution in [-0.4, -0.2) is 57.6 Å². The molecule has 2 aromatic rings. The number of rotatable bonds is 9. The maximum Gasteiger partial charge on any atom is 0.253 e. The molecule has 0 saturated carbocycles. The predicted molar refractivity (Wildman–Crippen MR) is 124 cm³/mol. The van der Waals surface area contributed by atoms with Gasteiger partial charge in [-0.05, 0) is 42.7 Å². The largest absolute Gasteiger partial charge is 0.496 e. The number of nitrogens with one attached hydrogen (secondary N) is 2. The second kappa shape index (κ2) is 11.9. The first-order valence-corrected chi connectivity index (χ1v) is 10.4. The van der Waals surface area contributed by atoms with Crippen LogP contribution < -0.4 is 15.4 Å². The van der Waals surface area contributed by atoms with Crippen molar-refractivity contribution < 1.29 is 9.53 Å². The lowest BCUT2D eigenvalue weighted by Crippen LogP contribution is -2.38. The number of benzene rings is 2. The van der Waals surface area contributed by atoms with E-state index in [0.717, 1.165) is 42.3 Å². The van der Waals surface area contributed by atoms with Gasteiger partial charge in [0.25, 0.3) is 5.91 Å². The second-order valence-electron chi connectivity index (χ2n) is 7.44. The Bertz CT molecular complexity index is 849. The van der Waals surface area contributed by atoms with Gasteiger partial charge in [0, 0.05) is 45.2 Å². The van der Waals surface area contributed by atoms with Gasteiger partial charge in [0.2, 0.25) is 0 Å². The van der Waals surface area contributed by atoms with E-state index >= 15 is 0 Å². The number of hydrogen-bond acceptors (Lipinski definition) is 3. The summed E-state index contributed by atoms with van der Waals surface area (Å²) in [6.45, 7) is 6.38. The fraction of sp³-hybridized carbons (Fsp3) is 0.417. The Kier molecular flexibility index (Phi) is 9.19. The quantitative estimate of drug-likeness (QED) is 0.492. The summed E-state index contributed by atoms with van der Waals surface area (Å²) in [6, 6.07) is 15.8. The fourth-order valence-corrected chi connectivity index (χ4v) is 3.19. The van der Waals surface area contributed by atoms with Crippen LogP contribution in [0.25, 0.3) is 0 Å². The number of aliphatic imine (C=N–C) groups is 1. The minimum absolute atomic E-state index is 0.0186. The summed E-state index contributed by atoms with van der Waals surface area (Å²) >= 11 is 0. The van der Waals surface area contributed by atoms with Crippen LogP contribution in [0.2, 0.25) is 0 Å². The molecule has 0 aliphatic rings. The summed E-state index contributed by atoms with van der Waals surface area (Å²) < 4.78 is 5.47. The van der Waals surface area contributed by atoms with Crippen molar-refractivity contribution in [1.82, 2.24) is 15.5 Å². The molecule has 0 saturated heterocycles. The summed E-state index contributed by atoms with van der Waals surface area (Å²) in [4.78, 5) is 18.5. The highest BCUT2D eigenvalue weighted by atomic mass is 16.5. The van der Waals surface area contributed by atoms with Crippen LogP contribution in [0.5, 0.6) is 5.75 Å². The molecule has 0 spiro atoms. The number of carbonyl (C=O) groups excluding carboxylic acids is 1. The molecule has 6 nitrogen and oxygen atoms in total. The normalized spacial score (nSPS) is 12.2. The first kappa shape index (κ1) is 23.3. The van der Waals surface area contributed by atoms with E-state index in [-0.39, 0.29) is 11.8 Å². The zero-order valence-corrected chi connectivity index (χ0v) is 18.7. The summed E-state index contributed by atoms with van der Waals surface area (Å²) in [5.74, 6) is 1.94. The number of para-hydroxylation sites is 1. The Morgan fingerprint density at radius 2 is 1.90 bits per heavy atom. The van der Waals surface area contributed by atoms with Gasteiger partial charge in [-0.3, -0.25) is 9.79 Å². The Balaban J connectivity index is 1.96. The predicted octanol–water partition coefficient (Wildman–Crippen LogP) is 3.30. The van der Waals surface area contributed by atoms with E-state index < -0.39 is 0 Å². The molecule has 0 aliphatic heterocycles. The number of carbonyl (C=O) groups is 1. The molecular formula is C24H34N4O2. The lowest BCUT2D eigenvalue weighted by atomic mass is 10.0. The SMILES string of the molecule is CCNC(=NCC(C)c1ccccc1OC)NCCc1cccc(C(=O)N(C)C)c1. The molecule has 2 N–H and O–H groups in total. The molecule has 6 heteroatoms. The van der Waals surface area contributed by atoms with Crippen molar-refractivity contribution in [2.24, 2.45) is 4.99 Å². The first-order valence-electron chi connectivity index (χ1n) is 10.4. The van der Waals surface area contributed by atoms with Crippen molar-refractivity contribution in [2.45, 2.75) is 26.2 Å². The van der Waals surface area contributed by atoms with Gasteiger partial charge in [-0.1, -0.05) is 37.3 Å². The van der Waals surface area contributed by atoms with Crippen molar-refractivity contribution in [3.8, 4) is 5.75 Å². The molecule has 2 aromatic carbocycles. The van der Waals surface area contributed by atoms with Gasteiger partial charge in [0.1, 0.15) is 5.75 Å². The smallest absolute Gasteiger partial charge is 0.253 e. The van der Waals surface area contributed by atoms with E-state index in [4.69, 9.17) is 9.73 Å². The van der Waals surface area contributed by atoms with Crippen molar-refractivity contribution in [1.29, 1.82) is 0 Å². The van der Waals surface area contributed by atoms with E-state index in [0.29, 0.717) is 12.1 Å². The van der Waals surface area contributed by atoms with Gasteiger partial charge >= 0.3 is 0 Å². The minimum atomic E-state index is 0.0186. The van der Waals surface area contributed by atoms with E-state index in [2.05, 4.69) is 30.5 Å². The van der Waals surface area contributed by atoms with Crippen molar-refractivity contribution in [3.05, 3.63) is 65.2 Å². The number of nitrogens with zero attached hydrogens (tertiary/aromatic N) is 2. The van der Waals surface area contributed by atoms with Gasteiger partial charge in [-0.2, -0.15) is 0 Å². The molecule has 1 atom stereocenters. The molecule has 1 amide bonds. The maximum atomic E-state index is 12.1. The van der Waals surface area contributed by atoms with Crippen LogP contribution in [0.3, 0.4) is 0 Å².